The Kier molecular flexibility index (Phi) is 6.32. The first-order valence-electron chi connectivity index (χ1n) is 7.68. The lowest BCUT2D eigenvalue weighted by atomic mass is 9.96. The van der Waals surface area contributed by atoms with Crippen LogP contribution in [0.5, 0.6) is 0 Å². The highest BCUT2D eigenvalue weighted by Crippen LogP contribution is 2.17. The van der Waals surface area contributed by atoms with Gasteiger partial charge in [-0.05, 0) is 19.8 Å². The standard InChI is InChI=1S/C14H23N5O3/c1-2-22-11-13(20)18-7-3-12(4-8-18)14(21)15-5-9-19-10-6-16-17-19/h6,10,12H,2-5,7-9,11H2,1H3,(H,15,21). The molecule has 122 valence electrons. The third-order valence-corrected chi connectivity index (χ3v) is 3.76. The molecule has 0 saturated carbocycles. The smallest absolute Gasteiger partial charge is 0.248 e. The van der Waals surface area contributed by atoms with Gasteiger partial charge in [0.2, 0.25) is 11.8 Å². The summed E-state index contributed by atoms with van der Waals surface area (Å²) in [5, 5.41) is 10.5. The number of nitrogens with zero attached hydrogens (tertiary/aromatic N) is 4. The van der Waals surface area contributed by atoms with Crippen LogP contribution in [0.4, 0.5) is 0 Å². The van der Waals surface area contributed by atoms with Crippen molar-refractivity contribution in [1.82, 2.24) is 25.2 Å². The van der Waals surface area contributed by atoms with E-state index in [1.54, 1.807) is 22.0 Å². The van der Waals surface area contributed by atoms with E-state index in [-0.39, 0.29) is 24.3 Å². The Labute approximate surface area is 129 Å². The normalized spacial score (nSPS) is 15.8. The summed E-state index contributed by atoms with van der Waals surface area (Å²) in [5.41, 5.74) is 0. The number of hydrogen-bond acceptors (Lipinski definition) is 5. The molecule has 8 heteroatoms. The maximum atomic E-state index is 12.1. The summed E-state index contributed by atoms with van der Waals surface area (Å²) in [4.78, 5) is 25.7. The van der Waals surface area contributed by atoms with E-state index >= 15 is 0 Å². The molecule has 1 N–H and O–H groups in total. The Morgan fingerprint density at radius 1 is 1.36 bits per heavy atom. The Morgan fingerprint density at radius 3 is 2.77 bits per heavy atom. The largest absolute Gasteiger partial charge is 0.372 e. The van der Waals surface area contributed by atoms with E-state index in [4.69, 9.17) is 4.74 Å². The molecule has 0 aliphatic carbocycles. The molecule has 2 amide bonds. The summed E-state index contributed by atoms with van der Waals surface area (Å²) in [7, 11) is 0. The van der Waals surface area contributed by atoms with Gasteiger partial charge in [-0.1, -0.05) is 5.21 Å². The minimum Gasteiger partial charge on any atom is -0.372 e. The van der Waals surface area contributed by atoms with Gasteiger partial charge in [-0.25, -0.2) is 0 Å². The quantitative estimate of drug-likeness (QED) is 0.745. The van der Waals surface area contributed by atoms with Crippen molar-refractivity contribution in [1.29, 1.82) is 0 Å². The highest BCUT2D eigenvalue weighted by atomic mass is 16.5. The van der Waals surface area contributed by atoms with E-state index in [0.29, 0.717) is 45.6 Å². The fourth-order valence-corrected chi connectivity index (χ4v) is 2.46. The van der Waals surface area contributed by atoms with Gasteiger partial charge in [0.05, 0.1) is 12.7 Å². The number of hydrogen-bond donors (Lipinski definition) is 1. The molecule has 22 heavy (non-hydrogen) atoms. The van der Waals surface area contributed by atoms with Gasteiger partial charge in [-0.2, -0.15) is 0 Å². The summed E-state index contributed by atoms with van der Waals surface area (Å²) in [6.45, 7) is 4.91. The zero-order chi connectivity index (χ0) is 15.8. The van der Waals surface area contributed by atoms with Crippen molar-refractivity contribution >= 4 is 11.8 Å². The van der Waals surface area contributed by atoms with E-state index in [1.807, 2.05) is 6.92 Å². The van der Waals surface area contributed by atoms with E-state index < -0.39 is 0 Å². The van der Waals surface area contributed by atoms with Gasteiger partial charge in [0.1, 0.15) is 6.61 Å². The van der Waals surface area contributed by atoms with Crippen molar-refractivity contribution in [3.05, 3.63) is 12.4 Å². The molecule has 1 fully saturated rings. The van der Waals surface area contributed by atoms with Gasteiger partial charge in [-0.3, -0.25) is 14.3 Å². The van der Waals surface area contributed by atoms with Gasteiger partial charge in [-0.15, -0.1) is 5.10 Å². The van der Waals surface area contributed by atoms with Crippen LogP contribution in [0, 0.1) is 5.92 Å². The van der Waals surface area contributed by atoms with Gasteiger partial charge in [0.15, 0.2) is 0 Å². The number of carbonyl (C=O) groups excluding carboxylic acids is 2. The molecule has 1 aliphatic heterocycles. The maximum absolute atomic E-state index is 12.1. The van der Waals surface area contributed by atoms with Crippen molar-refractivity contribution < 1.29 is 14.3 Å². The van der Waals surface area contributed by atoms with Crippen LogP contribution >= 0.6 is 0 Å². The number of ether oxygens (including phenoxy) is 1. The Balaban J connectivity index is 1.65. The molecule has 1 aliphatic rings. The van der Waals surface area contributed by atoms with Crippen LogP contribution in [0.15, 0.2) is 12.4 Å². The molecule has 0 spiro atoms. The summed E-state index contributed by atoms with van der Waals surface area (Å²) >= 11 is 0. The first-order chi connectivity index (χ1) is 10.7. The number of piperidine rings is 1. The second-order valence-corrected chi connectivity index (χ2v) is 5.25. The number of amides is 2. The molecular weight excluding hydrogens is 286 g/mol. The second-order valence-electron chi connectivity index (χ2n) is 5.25. The molecule has 0 radical (unpaired) electrons. The van der Waals surface area contributed by atoms with Crippen LogP contribution in [-0.2, 0) is 20.9 Å². The van der Waals surface area contributed by atoms with E-state index in [1.165, 1.54) is 0 Å². The summed E-state index contributed by atoms with van der Waals surface area (Å²) in [6.07, 6.45) is 4.77. The summed E-state index contributed by atoms with van der Waals surface area (Å²) < 4.78 is 6.80. The van der Waals surface area contributed by atoms with E-state index in [2.05, 4.69) is 15.6 Å². The molecule has 0 atom stereocenters. The molecule has 0 unspecified atom stereocenters. The first kappa shape index (κ1) is 16.4. The molecular formula is C14H23N5O3. The SMILES string of the molecule is CCOCC(=O)N1CCC(C(=O)NCCn2ccnn2)CC1. The lowest BCUT2D eigenvalue weighted by Crippen LogP contribution is -2.44. The van der Waals surface area contributed by atoms with Crippen LogP contribution in [-0.4, -0.2) is 64.6 Å². The summed E-state index contributed by atoms with van der Waals surface area (Å²) in [5.74, 6) is 0.0378. The molecule has 1 saturated heterocycles. The predicted octanol–water partition coefficient (Wildman–Crippen LogP) is -0.331. The van der Waals surface area contributed by atoms with Gasteiger partial charge >= 0.3 is 0 Å². The van der Waals surface area contributed by atoms with Crippen molar-refractivity contribution in [2.75, 3.05) is 32.8 Å². The summed E-state index contributed by atoms with van der Waals surface area (Å²) in [6, 6.07) is 0. The van der Waals surface area contributed by atoms with Gasteiger partial charge in [0, 0.05) is 38.4 Å². The fourth-order valence-electron chi connectivity index (χ4n) is 2.46. The van der Waals surface area contributed by atoms with Crippen LogP contribution in [0.1, 0.15) is 19.8 Å². The van der Waals surface area contributed by atoms with Crippen LogP contribution in [0.25, 0.3) is 0 Å². The third kappa shape index (κ3) is 4.80. The van der Waals surface area contributed by atoms with E-state index in [9.17, 15) is 9.59 Å². The maximum Gasteiger partial charge on any atom is 0.248 e. The lowest BCUT2D eigenvalue weighted by Gasteiger charge is -2.31. The van der Waals surface area contributed by atoms with Crippen molar-refractivity contribution in [2.45, 2.75) is 26.3 Å². The fraction of sp³-hybridized carbons (Fsp3) is 0.714. The average Bonchev–Trinajstić information content (AvgIpc) is 3.06. The monoisotopic (exact) mass is 309 g/mol. The molecule has 0 bridgehead atoms. The molecule has 2 heterocycles. The average molecular weight is 309 g/mol. The van der Waals surface area contributed by atoms with Crippen molar-refractivity contribution in [3.8, 4) is 0 Å². The molecule has 0 aromatic carbocycles. The lowest BCUT2D eigenvalue weighted by molar-refractivity contribution is -0.139. The molecule has 8 nitrogen and oxygen atoms in total. The second kappa shape index (κ2) is 8.47. The zero-order valence-electron chi connectivity index (χ0n) is 12.9. The van der Waals surface area contributed by atoms with Crippen molar-refractivity contribution in [3.63, 3.8) is 0 Å². The van der Waals surface area contributed by atoms with Crippen LogP contribution in [0.3, 0.4) is 0 Å². The Hall–Kier alpha value is -1.96. The highest BCUT2D eigenvalue weighted by Gasteiger charge is 2.26. The predicted molar refractivity (Wildman–Crippen MR) is 78.8 cm³/mol. The minimum atomic E-state index is -0.0214. The van der Waals surface area contributed by atoms with Crippen LogP contribution < -0.4 is 5.32 Å². The highest BCUT2D eigenvalue weighted by molar-refractivity contribution is 5.80. The molecule has 1 aromatic rings. The number of carbonyl (C=O) groups is 2. The minimum absolute atomic E-state index is 0.00638. The third-order valence-electron chi connectivity index (χ3n) is 3.76. The Morgan fingerprint density at radius 2 is 2.14 bits per heavy atom. The Bertz CT molecular complexity index is 469. The number of rotatable bonds is 7. The van der Waals surface area contributed by atoms with Gasteiger partial charge in [0.25, 0.3) is 0 Å². The number of aromatic nitrogens is 3. The molecule has 2 rings (SSSR count). The number of likely N-dealkylation sites (tertiary alicyclic amines) is 1. The van der Waals surface area contributed by atoms with E-state index in [0.717, 1.165) is 0 Å². The first-order valence-corrected chi connectivity index (χ1v) is 7.68. The van der Waals surface area contributed by atoms with Crippen molar-refractivity contribution in [2.24, 2.45) is 5.92 Å². The zero-order valence-corrected chi connectivity index (χ0v) is 12.9. The number of nitrogens with one attached hydrogen (secondary N) is 1. The molecule has 1 aromatic heterocycles. The topological polar surface area (TPSA) is 89.4 Å². The van der Waals surface area contributed by atoms with Gasteiger partial charge < -0.3 is 15.0 Å². The van der Waals surface area contributed by atoms with Crippen LogP contribution in [0.2, 0.25) is 0 Å².